The minimum atomic E-state index is -0.379. The van der Waals surface area contributed by atoms with Crippen LogP contribution in [0.5, 0.6) is 11.5 Å². The van der Waals surface area contributed by atoms with Gasteiger partial charge in [0.1, 0.15) is 5.69 Å². The summed E-state index contributed by atoms with van der Waals surface area (Å²) < 4.78 is 11.7. The van der Waals surface area contributed by atoms with E-state index in [4.69, 9.17) is 14.5 Å². The maximum absolute atomic E-state index is 13.2. The molecule has 0 aliphatic heterocycles. The number of methoxy groups -OCH3 is 2. The third-order valence-corrected chi connectivity index (χ3v) is 7.24. The topological polar surface area (TPSA) is 77.5 Å². The normalized spacial score (nSPS) is 11.4. The highest BCUT2D eigenvalue weighted by molar-refractivity contribution is 7.18. The number of thiophene rings is 1. The number of pyridine rings is 1. The van der Waals surface area contributed by atoms with Gasteiger partial charge in [-0.05, 0) is 53.8 Å². The Morgan fingerprint density at radius 3 is 2.44 bits per heavy atom. The van der Waals surface area contributed by atoms with E-state index in [1.165, 1.54) is 24.5 Å². The molecule has 36 heavy (non-hydrogen) atoms. The zero-order chi connectivity index (χ0) is 26.0. The molecule has 6 nitrogen and oxygen atoms in total. The number of ether oxygens (including phenoxy) is 2. The van der Waals surface area contributed by atoms with Gasteiger partial charge in [-0.15, -0.1) is 11.3 Å². The highest BCUT2D eigenvalue weighted by Crippen LogP contribution is 2.36. The number of hydrogen-bond acceptors (Lipinski definition) is 6. The summed E-state index contributed by atoms with van der Waals surface area (Å²) in [6.45, 7) is 8.24. The molecule has 0 aliphatic carbocycles. The lowest BCUT2D eigenvalue weighted by molar-refractivity contribution is 0.0902. The SMILES string of the molecule is COc1ccc(C(=O)NCC(=O)c2cc(C(C)(C)C)cc(-c3csc4c(C)cccc34)n2)cc1OC. The van der Waals surface area contributed by atoms with Crippen LogP contribution in [0.4, 0.5) is 0 Å². The Labute approximate surface area is 215 Å². The van der Waals surface area contributed by atoms with E-state index in [1.807, 2.05) is 12.1 Å². The molecule has 0 unspecified atom stereocenters. The number of nitrogens with one attached hydrogen (secondary N) is 1. The van der Waals surface area contributed by atoms with Crippen molar-refractivity contribution in [2.45, 2.75) is 33.1 Å². The van der Waals surface area contributed by atoms with Crippen LogP contribution in [0, 0.1) is 6.92 Å². The fourth-order valence-corrected chi connectivity index (χ4v) is 5.02. The molecule has 0 atom stereocenters. The van der Waals surface area contributed by atoms with Crippen LogP contribution < -0.4 is 14.8 Å². The number of aryl methyl sites for hydroxylation is 1. The first kappa shape index (κ1) is 25.4. The van der Waals surface area contributed by atoms with Gasteiger partial charge in [-0.25, -0.2) is 4.98 Å². The molecule has 0 saturated heterocycles. The summed E-state index contributed by atoms with van der Waals surface area (Å²) in [7, 11) is 3.04. The molecular weight excluding hydrogens is 472 g/mol. The van der Waals surface area contributed by atoms with Crippen LogP contribution in [-0.4, -0.2) is 37.4 Å². The second kappa shape index (κ2) is 10.1. The standard InChI is InChI=1S/C29H30N2O4S/c1-17-8-7-9-20-21(16-36-27(17)20)22-13-19(29(2,3)4)14-23(31-22)24(32)15-30-28(33)18-10-11-25(34-5)26(12-18)35-6/h7-14,16H,15H2,1-6H3,(H,30,33). The van der Waals surface area contributed by atoms with E-state index >= 15 is 0 Å². The second-order valence-electron chi connectivity index (χ2n) is 9.65. The Bertz CT molecular complexity index is 1450. The molecule has 186 valence electrons. The average molecular weight is 503 g/mol. The van der Waals surface area contributed by atoms with E-state index in [9.17, 15) is 9.59 Å². The van der Waals surface area contributed by atoms with Gasteiger partial charge in [-0.1, -0.05) is 39.0 Å². The number of fused-ring (bicyclic) bond motifs is 1. The molecule has 2 aromatic carbocycles. The number of Topliss-reactive ketones (excluding diaryl/α,β-unsaturated/α-hetero) is 1. The van der Waals surface area contributed by atoms with Crippen molar-refractivity contribution >= 4 is 33.1 Å². The molecule has 0 bridgehead atoms. The average Bonchev–Trinajstić information content (AvgIpc) is 3.31. The fourth-order valence-electron chi connectivity index (χ4n) is 3.98. The Kier molecular flexibility index (Phi) is 7.13. The molecule has 0 radical (unpaired) electrons. The molecule has 2 aromatic heterocycles. The second-order valence-corrected chi connectivity index (χ2v) is 10.5. The van der Waals surface area contributed by atoms with Crippen LogP contribution in [0.2, 0.25) is 0 Å². The van der Waals surface area contributed by atoms with Crippen molar-refractivity contribution in [1.29, 1.82) is 0 Å². The molecule has 7 heteroatoms. The van der Waals surface area contributed by atoms with Crippen molar-refractivity contribution in [1.82, 2.24) is 10.3 Å². The third-order valence-electron chi connectivity index (χ3n) is 6.10. The molecule has 0 fully saturated rings. The van der Waals surface area contributed by atoms with E-state index in [2.05, 4.69) is 56.6 Å². The molecule has 0 saturated carbocycles. The minimum absolute atomic E-state index is 0.170. The number of ketones is 1. The number of carbonyl (C=O) groups excluding carboxylic acids is 2. The fraction of sp³-hybridized carbons (Fsp3) is 0.276. The smallest absolute Gasteiger partial charge is 0.251 e. The van der Waals surface area contributed by atoms with Crippen molar-refractivity contribution in [2.75, 3.05) is 20.8 Å². The summed E-state index contributed by atoms with van der Waals surface area (Å²) in [6.07, 6.45) is 0. The van der Waals surface area contributed by atoms with Gasteiger partial charge in [-0.3, -0.25) is 9.59 Å². The number of hydrogen-bond donors (Lipinski definition) is 1. The lowest BCUT2D eigenvalue weighted by Gasteiger charge is -2.20. The van der Waals surface area contributed by atoms with Crippen LogP contribution in [0.15, 0.2) is 53.9 Å². The third kappa shape index (κ3) is 5.11. The van der Waals surface area contributed by atoms with Crippen LogP contribution >= 0.6 is 11.3 Å². The summed E-state index contributed by atoms with van der Waals surface area (Å²) >= 11 is 1.68. The Morgan fingerprint density at radius 2 is 1.75 bits per heavy atom. The molecule has 0 aliphatic rings. The lowest BCUT2D eigenvalue weighted by atomic mass is 9.86. The van der Waals surface area contributed by atoms with Crippen molar-refractivity contribution in [2.24, 2.45) is 0 Å². The summed E-state index contributed by atoms with van der Waals surface area (Å²) in [4.78, 5) is 30.7. The summed E-state index contributed by atoms with van der Waals surface area (Å²) in [6, 6.07) is 15.0. The summed E-state index contributed by atoms with van der Waals surface area (Å²) in [5, 5.41) is 5.93. The Balaban J connectivity index is 1.63. The monoisotopic (exact) mass is 502 g/mol. The summed E-state index contributed by atoms with van der Waals surface area (Å²) in [5.74, 6) is 0.332. The van der Waals surface area contributed by atoms with Gasteiger partial charge < -0.3 is 14.8 Å². The van der Waals surface area contributed by atoms with Crippen molar-refractivity contribution in [3.63, 3.8) is 0 Å². The van der Waals surface area contributed by atoms with Gasteiger partial charge in [0.15, 0.2) is 17.3 Å². The largest absolute Gasteiger partial charge is 0.493 e. The number of rotatable bonds is 7. The van der Waals surface area contributed by atoms with E-state index in [-0.39, 0.29) is 23.7 Å². The Morgan fingerprint density at radius 1 is 1.00 bits per heavy atom. The van der Waals surface area contributed by atoms with E-state index in [1.54, 1.807) is 29.5 Å². The molecule has 0 spiro atoms. The minimum Gasteiger partial charge on any atom is -0.493 e. The first-order chi connectivity index (χ1) is 17.1. The van der Waals surface area contributed by atoms with Crippen LogP contribution in [-0.2, 0) is 5.41 Å². The highest BCUT2D eigenvalue weighted by Gasteiger charge is 2.21. The molecular formula is C29H30N2O4S. The first-order valence-corrected chi connectivity index (χ1v) is 12.5. The first-order valence-electron chi connectivity index (χ1n) is 11.7. The van der Waals surface area contributed by atoms with Gasteiger partial charge in [-0.2, -0.15) is 0 Å². The number of benzene rings is 2. The van der Waals surface area contributed by atoms with Crippen molar-refractivity contribution in [3.05, 3.63) is 76.3 Å². The van der Waals surface area contributed by atoms with Gasteiger partial charge >= 0.3 is 0 Å². The van der Waals surface area contributed by atoms with E-state index in [0.717, 1.165) is 22.2 Å². The zero-order valence-corrected chi connectivity index (χ0v) is 22.2. The number of carbonyl (C=O) groups is 2. The molecule has 4 rings (SSSR count). The highest BCUT2D eigenvalue weighted by atomic mass is 32.1. The Hall–Kier alpha value is -3.71. The quantitative estimate of drug-likeness (QED) is 0.305. The maximum Gasteiger partial charge on any atom is 0.251 e. The predicted octanol–water partition coefficient (Wildman–Crippen LogP) is 6.20. The molecule has 1 N–H and O–H groups in total. The van der Waals surface area contributed by atoms with Gasteiger partial charge in [0.05, 0.1) is 26.5 Å². The van der Waals surface area contributed by atoms with Crippen LogP contribution in [0.25, 0.3) is 21.3 Å². The summed E-state index contributed by atoms with van der Waals surface area (Å²) in [5.41, 5.74) is 4.51. The lowest BCUT2D eigenvalue weighted by Crippen LogP contribution is -2.30. The molecule has 4 aromatic rings. The van der Waals surface area contributed by atoms with Crippen LogP contribution in [0.3, 0.4) is 0 Å². The van der Waals surface area contributed by atoms with Gasteiger partial charge in [0, 0.05) is 26.6 Å². The van der Waals surface area contributed by atoms with Crippen molar-refractivity contribution < 1.29 is 19.1 Å². The van der Waals surface area contributed by atoms with Gasteiger partial charge in [0.25, 0.3) is 5.91 Å². The van der Waals surface area contributed by atoms with E-state index < -0.39 is 0 Å². The van der Waals surface area contributed by atoms with Crippen LogP contribution in [0.1, 0.15) is 52.7 Å². The predicted molar refractivity (Wildman–Crippen MR) is 145 cm³/mol. The number of nitrogens with zero attached hydrogens (tertiary/aromatic N) is 1. The molecule has 2 heterocycles. The number of aromatic nitrogens is 1. The zero-order valence-electron chi connectivity index (χ0n) is 21.4. The number of amides is 1. The maximum atomic E-state index is 13.2. The van der Waals surface area contributed by atoms with Gasteiger partial charge in [0.2, 0.25) is 0 Å². The van der Waals surface area contributed by atoms with Crippen molar-refractivity contribution in [3.8, 4) is 22.8 Å². The van der Waals surface area contributed by atoms with E-state index in [0.29, 0.717) is 22.8 Å². The molecule has 1 amide bonds.